The smallest absolute Gasteiger partial charge is 0.333 e. The van der Waals surface area contributed by atoms with Gasteiger partial charge in [-0.25, -0.2) is 9.59 Å². The average molecular weight is 268 g/mol. The van der Waals surface area contributed by atoms with Gasteiger partial charge in [0.05, 0.1) is 11.6 Å². The van der Waals surface area contributed by atoms with Crippen molar-refractivity contribution in [1.82, 2.24) is 9.80 Å². The molecule has 0 aliphatic heterocycles. The van der Waals surface area contributed by atoms with E-state index in [1.807, 2.05) is 0 Å². The minimum Gasteiger partial charge on any atom is -0.480 e. The largest absolute Gasteiger partial charge is 0.480 e. The van der Waals surface area contributed by atoms with Gasteiger partial charge >= 0.3 is 11.9 Å². The van der Waals surface area contributed by atoms with Crippen molar-refractivity contribution in [1.29, 1.82) is 0 Å². The minimum atomic E-state index is -1.39. The molecule has 0 heterocycles. The van der Waals surface area contributed by atoms with Crippen LogP contribution in [0.1, 0.15) is 6.92 Å². The molecule has 0 radical (unpaired) electrons. The number of nitrogens with zero attached hydrogens (tertiary/aromatic N) is 2. The summed E-state index contributed by atoms with van der Waals surface area (Å²) in [5, 5.41) is 19.0. The molecule has 0 saturated carbocycles. The summed E-state index contributed by atoms with van der Waals surface area (Å²) in [6.07, 6.45) is 3.12. The molecule has 1 aliphatic carbocycles. The highest BCUT2D eigenvalue weighted by atomic mass is 16.4. The molecule has 0 spiro atoms. The molecular weight excluding hydrogens is 248 g/mol. The van der Waals surface area contributed by atoms with E-state index in [-0.39, 0.29) is 5.57 Å². The maximum atomic E-state index is 11.8. The Bertz CT molecular complexity index is 465. The lowest BCUT2D eigenvalue weighted by molar-refractivity contribution is -0.150. The van der Waals surface area contributed by atoms with Gasteiger partial charge in [-0.2, -0.15) is 0 Å². The van der Waals surface area contributed by atoms with Crippen molar-refractivity contribution < 1.29 is 19.8 Å². The van der Waals surface area contributed by atoms with E-state index in [0.717, 1.165) is 0 Å². The van der Waals surface area contributed by atoms with E-state index in [0.29, 0.717) is 5.57 Å². The molecule has 0 fully saturated rings. The number of carboxylic acids is 2. The van der Waals surface area contributed by atoms with Gasteiger partial charge in [-0.3, -0.25) is 9.80 Å². The second-order valence-corrected chi connectivity index (χ2v) is 5.13. The monoisotopic (exact) mass is 268 g/mol. The Morgan fingerprint density at radius 2 is 1.74 bits per heavy atom. The van der Waals surface area contributed by atoms with Gasteiger partial charge in [0.2, 0.25) is 0 Å². The molecule has 2 unspecified atom stereocenters. The summed E-state index contributed by atoms with van der Waals surface area (Å²) < 4.78 is 0. The van der Waals surface area contributed by atoms with Crippen LogP contribution in [0.25, 0.3) is 0 Å². The van der Waals surface area contributed by atoms with Crippen LogP contribution in [0.5, 0.6) is 0 Å². The number of allylic oxidation sites excluding steroid dienone is 2. The van der Waals surface area contributed by atoms with Gasteiger partial charge < -0.3 is 10.2 Å². The van der Waals surface area contributed by atoms with Crippen molar-refractivity contribution in [2.45, 2.75) is 18.5 Å². The van der Waals surface area contributed by atoms with Gasteiger partial charge in [0.1, 0.15) is 0 Å². The minimum absolute atomic E-state index is 0.114. The molecule has 2 atom stereocenters. The summed E-state index contributed by atoms with van der Waals surface area (Å²) in [6.45, 7) is 1.68. The van der Waals surface area contributed by atoms with Gasteiger partial charge in [-0.05, 0) is 40.7 Å². The van der Waals surface area contributed by atoms with E-state index in [2.05, 4.69) is 0 Å². The highest BCUT2D eigenvalue weighted by molar-refractivity contribution is 5.95. The van der Waals surface area contributed by atoms with E-state index >= 15 is 0 Å². The number of carboxylic acid groups (broad SMARTS) is 2. The summed E-state index contributed by atoms with van der Waals surface area (Å²) in [6, 6.07) is -0.762. The van der Waals surface area contributed by atoms with Gasteiger partial charge in [-0.15, -0.1) is 0 Å². The molecule has 6 heteroatoms. The number of hydrogen-bond donors (Lipinski definition) is 2. The Hall–Kier alpha value is -1.66. The number of likely N-dealkylation sites (N-methyl/N-ethyl adjacent to an activating group) is 2. The van der Waals surface area contributed by atoms with Crippen molar-refractivity contribution in [3.8, 4) is 0 Å². The molecule has 1 rings (SSSR count). The fourth-order valence-corrected chi connectivity index (χ4v) is 2.58. The van der Waals surface area contributed by atoms with E-state index in [9.17, 15) is 19.8 Å². The summed E-state index contributed by atoms with van der Waals surface area (Å²) >= 11 is 0. The standard InChI is InChI=1S/C13H20N2O4/c1-8-6-7-13(12(18)19,15(4)5)10(14(2)3)9(8)11(16)17/h6-7,10H,1-5H3,(H,16,17)(H,18,19). The van der Waals surface area contributed by atoms with E-state index < -0.39 is 23.5 Å². The lowest BCUT2D eigenvalue weighted by atomic mass is 9.77. The molecule has 0 saturated heterocycles. The molecule has 106 valence electrons. The van der Waals surface area contributed by atoms with Gasteiger partial charge in [-0.1, -0.05) is 12.2 Å². The van der Waals surface area contributed by atoms with Gasteiger partial charge in [0, 0.05) is 0 Å². The number of aliphatic carboxylic acids is 2. The Morgan fingerprint density at radius 1 is 1.21 bits per heavy atom. The maximum absolute atomic E-state index is 11.8. The predicted molar refractivity (Wildman–Crippen MR) is 71.0 cm³/mol. The quantitative estimate of drug-likeness (QED) is 0.762. The first-order valence-electron chi connectivity index (χ1n) is 5.86. The van der Waals surface area contributed by atoms with Crippen LogP contribution in [0.3, 0.4) is 0 Å². The zero-order valence-corrected chi connectivity index (χ0v) is 11.8. The van der Waals surface area contributed by atoms with E-state index in [1.165, 1.54) is 4.90 Å². The maximum Gasteiger partial charge on any atom is 0.333 e. The second kappa shape index (κ2) is 5.14. The highest BCUT2D eigenvalue weighted by Crippen LogP contribution is 2.34. The molecule has 0 bridgehead atoms. The molecule has 0 aromatic heterocycles. The van der Waals surface area contributed by atoms with Crippen LogP contribution in [-0.2, 0) is 9.59 Å². The Balaban J connectivity index is 3.57. The molecule has 2 N–H and O–H groups in total. The fourth-order valence-electron chi connectivity index (χ4n) is 2.58. The Morgan fingerprint density at radius 3 is 2.05 bits per heavy atom. The van der Waals surface area contributed by atoms with Crippen LogP contribution in [0, 0.1) is 0 Å². The van der Waals surface area contributed by atoms with Crippen LogP contribution in [0.15, 0.2) is 23.3 Å². The molecule has 1 aliphatic rings. The zero-order chi connectivity index (χ0) is 15.0. The van der Waals surface area contributed by atoms with Gasteiger partial charge in [0.25, 0.3) is 0 Å². The molecule has 19 heavy (non-hydrogen) atoms. The summed E-state index contributed by atoms with van der Waals surface area (Å²) in [4.78, 5) is 26.4. The SMILES string of the molecule is CC1=C(C(=O)O)C(N(C)C)C(C(=O)O)(N(C)C)C=C1. The topological polar surface area (TPSA) is 81.1 Å². The third kappa shape index (κ3) is 2.29. The van der Waals surface area contributed by atoms with Crippen molar-refractivity contribution in [3.05, 3.63) is 23.3 Å². The molecule has 0 aromatic carbocycles. The number of rotatable bonds is 4. The van der Waals surface area contributed by atoms with Crippen molar-refractivity contribution >= 4 is 11.9 Å². The van der Waals surface area contributed by atoms with Crippen LogP contribution in [0.4, 0.5) is 0 Å². The van der Waals surface area contributed by atoms with E-state index in [4.69, 9.17) is 0 Å². The van der Waals surface area contributed by atoms with Crippen LogP contribution in [-0.4, -0.2) is 71.7 Å². The molecular formula is C13H20N2O4. The summed E-state index contributed by atoms with van der Waals surface area (Å²) in [7, 11) is 6.63. The van der Waals surface area contributed by atoms with Crippen LogP contribution >= 0.6 is 0 Å². The summed E-state index contributed by atoms with van der Waals surface area (Å²) in [5.74, 6) is -2.16. The number of hydrogen-bond acceptors (Lipinski definition) is 4. The first-order valence-corrected chi connectivity index (χ1v) is 5.86. The normalized spacial score (nSPS) is 27.2. The lowest BCUT2D eigenvalue weighted by Gasteiger charge is -2.45. The predicted octanol–water partition coefficient (Wildman–Crippen LogP) is 0.273. The first kappa shape index (κ1) is 15.4. The molecule has 6 nitrogen and oxygen atoms in total. The molecule has 0 aromatic rings. The number of carbonyl (C=O) groups is 2. The van der Waals surface area contributed by atoms with Crippen molar-refractivity contribution in [2.24, 2.45) is 0 Å². The van der Waals surface area contributed by atoms with Crippen LogP contribution in [0.2, 0.25) is 0 Å². The summed E-state index contributed by atoms with van der Waals surface area (Å²) in [5.41, 5.74) is -0.704. The molecule has 0 amide bonds. The van der Waals surface area contributed by atoms with E-state index in [1.54, 1.807) is 52.2 Å². The van der Waals surface area contributed by atoms with Crippen molar-refractivity contribution in [3.63, 3.8) is 0 Å². The second-order valence-electron chi connectivity index (χ2n) is 5.13. The Kier molecular flexibility index (Phi) is 4.17. The highest BCUT2D eigenvalue weighted by Gasteiger charge is 2.52. The van der Waals surface area contributed by atoms with Crippen molar-refractivity contribution in [2.75, 3.05) is 28.2 Å². The third-order valence-electron chi connectivity index (χ3n) is 3.53. The average Bonchev–Trinajstić information content (AvgIpc) is 2.26. The fraction of sp³-hybridized carbons (Fsp3) is 0.538. The lowest BCUT2D eigenvalue weighted by Crippen LogP contribution is -2.64. The van der Waals surface area contributed by atoms with Crippen LogP contribution < -0.4 is 0 Å². The van der Waals surface area contributed by atoms with Gasteiger partial charge in [0.15, 0.2) is 5.54 Å². The first-order chi connectivity index (χ1) is 8.66. The Labute approximate surface area is 112 Å². The third-order valence-corrected chi connectivity index (χ3v) is 3.53. The zero-order valence-electron chi connectivity index (χ0n) is 11.8.